The molecular weight excluding hydrogens is 278 g/mol. The fraction of sp³-hybridized carbons (Fsp3) is 0.0714. The molecule has 0 bridgehead atoms. The zero-order valence-corrected chi connectivity index (χ0v) is 11.3. The monoisotopic (exact) mass is 287 g/mol. The molecule has 0 aliphatic rings. The molecule has 20 heavy (non-hydrogen) atoms. The highest BCUT2D eigenvalue weighted by molar-refractivity contribution is 6.31. The van der Waals surface area contributed by atoms with Gasteiger partial charge in [-0.2, -0.15) is 0 Å². The van der Waals surface area contributed by atoms with Crippen LogP contribution in [0.1, 0.15) is 10.5 Å². The molecule has 0 N–H and O–H groups in total. The lowest BCUT2D eigenvalue weighted by molar-refractivity contribution is 0.111. The van der Waals surface area contributed by atoms with Crippen LogP contribution in [0.5, 0.6) is 5.75 Å². The molecule has 0 saturated carbocycles. The molecular formula is C14H10ClN3O2. The summed E-state index contributed by atoms with van der Waals surface area (Å²) in [6.45, 7) is 0. The largest absolute Gasteiger partial charge is 0.496 e. The summed E-state index contributed by atoms with van der Waals surface area (Å²) < 4.78 is 6.93. The number of aromatic nitrogens is 3. The highest BCUT2D eigenvalue weighted by atomic mass is 35.5. The highest BCUT2D eigenvalue weighted by Crippen LogP contribution is 2.33. The number of hydrogen-bond acceptors (Lipinski definition) is 4. The standard InChI is InChI=1S/C14H10ClN3O2/c1-20-12-4-3-9(15)7-10(12)13-11(8-19)18-6-2-5-16-14(18)17-13/h2-8H,1H3. The fourth-order valence-corrected chi connectivity index (χ4v) is 2.25. The highest BCUT2D eigenvalue weighted by Gasteiger charge is 2.17. The van der Waals surface area contributed by atoms with Crippen molar-refractivity contribution in [2.24, 2.45) is 0 Å². The van der Waals surface area contributed by atoms with Gasteiger partial charge in [-0.05, 0) is 24.3 Å². The number of benzene rings is 1. The first-order valence-corrected chi connectivity index (χ1v) is 6.24. The van der Waals surface area contributed by atoms with Gasteiger partial charge in [0, 0.05) is 23.0 Å². The molecule has 0 fully saturated rings. The fourth-order valence-electron chi connectivity index (χ4n) is 2.08. The van der Waals surface area contributed by atoms with E-state index >= 15 is 0 Å². The zero-order valence-electron chi connectivity index (χ0n) is 10.6. The van der Waals surface area contributed by atoms with E-state index in [1.807, 2.05) is 0 Å². The van der Waals surface area contributed by atoms with Crippen LogP contribution in [0.2, 0.25) is 5.02 Å². The molecule has 6 heteroatoms. The van der Waals surface area contributed by atoms with Gasteiger partial charge in [0.05, 0.1) is 7.11 Å². The molecule has 0 spiro atoms. The predicted octanol–water partition coefficient (Wildman–Crippen LogP) is 2.87. The molecule has 3 rings (SSSR count). The van der Waals surface area contributed by atoms with E-state index in [1.54, 1.807) is 48.2 Å². The minimum Gasteiger partial charge on any atom is -0.496 e. The number of halogens is 1. The van der Waals surface area contributed by atoms with Crippen molar-refractivity contribution in [1.29, 1.82) is 0 Å². The maximum Gasteiger partial charge on any atom is 0.234 e. The number of carbonyl (C=O) groups is 1. The molecule has 0 saturated heterocycles. The Kier molecular flexibility index (Phi) is 3.12. The van der Waals surface area contributed by atoms with Crippen molar-refractivity contribution in [2.45, 2.75) is 0 Å². The quantitative estimate of drug-likeness (QED) is 0.695. The molecule has 0 atom stereocenters. The normalized spacial score (nSPS) is 10.7. The van der Waals surface area contributed by atoms with Crippen LogP contribution in [0.3, 0.4) is 0 Å². The maximum atomic E-state index is 11.4. The Balaban J connectivity index is 2.34. The number of hydrogen-bond donors (Lipinski definition) is 0. The minimum absolute atomic E-state index is 0.411. The lowest BCUT2D eigenvalue weighted by Gasteiger charge is -2.07. The summed E-state index contributed by atoms with van der Waals surface area (Å²) >= 11 is 6.02. The van der Waals surface area contributed by atoms with Crippen molar-refractivity contribution in [3.8, 4) is 17.0 Å². The third kappa shape index (κ3) is 1.92. The van der Waals surface area contributed by atoms with Crippen LogP contribution < -0.4 is 4.74 Å². The Morgan fingerprint density at radius 2 is 2.25 bits per heavy atom. The topological polar surface area (TPSA) is 56.5 Å². The van der Waals surface area contributed by atoms with Gasteiger partial charge in [-0.1, -0.05) is 11.6 Å². The summed E-state index contributed by atoms with van der Waals surface area (Å²) in [6.07, 6.45) is 4.10. The third-order valence-electron chi connectivity index (χ3n) is 2.97. The second-order valence-electron chi connectivity index (χ2n) is 4.10. The Hall–Kier alpha value is -2.40. The smallest absolute Gasteiger partial charge is 0.234 e. The first-order chi connectivity index (χ1) is 9.74. The number of methoxy groups -OCH3 is 1. The molecule has 0 aliphatic heterocycles. The maximum absolute atomic E-state index is 11.4. The van der Waals surface area contributed by atoms with Crippen molar-refractivity contribution in [1.82, 2.24) is 14.4 Å². The molecule has 100 valence electrons. The molecule has 5 nitrogen and oxygen atoms in total. The number of ether oxygens (including phenoxy) is 1. The van der Waals surface area contributed by atoms with Gasteiger partial charge >= 0.3 is 0 Å². The van der Waals surface area contributed by atoms with Gasteiger partial charge in [0.25, 0.3) is 0 Å². The van der Waals surface area contributed by atoms with Crippen LogP contribution in [-0.2, 0) is 0 Å². The van der Waals surface area contributed by atoms with E-state index in [9.17, 15) is 4.79 Å². The van der Waals surface area contributed by atoms with E-state index in [0.717, 1.165) is 6.29 Å². The molecule has 0 radical (unpaired) electrons. The number of carbonyl (C=O) groups excluding carboxylic acids is 1. The average molecular weight is 288 g/mol. The Morgan fingerprint density at radius 3 is 3.00 bits per heavy atom. The van der Waals surface area contributed by atoms with Crippen LogP contribution in [0, 0.1) is 0 Å². The van der Waals surface area contributed by atoms with Gasteiger partial charge in [0.1, 0.15) is 17.1 Å². The van der Waals surface area contributed by atoms with Gasteiger partial charge in [-0.25, -0.2) is 9.97 Å². The van der Waals surface area contributed by atoms with Crippen molar-refractivity contribution in [3.63, 3.8) is 0 Å². The average Bonchev–Trinajstić information content (AvgIpc) is 2.85. The zero-order chi connectivity index (χ0) is 14.1. The first-order valence-electron chi connectivity index (χ1n) is 5.86. The SMILES string of the molecule is COc1ccc(Cl)cc1-c1nc2ncccn2c1C=O. The summed E-state index contributed by atoms with van der Waals surface area (Å²) in [7, 11) is 1.56. The van der Waals surface area contributed by atoms with Gasteiger partial charge in [0.15, 0.2) is 6.29 Å². The van der Waals surface area contributed by atoms with Crippen molar-refractivity contribution >= 4 is 23.7 Å². The first kappa shape index (κ1) is 12.6. The number of nitrogens with zero attached hydrogens (tertiary/aromatic N) is 3. The number of rotatable bonds is 3. The van der Waals surface area contributed by atoms with Crippen molar-refractivity contribution < 1.29 is 9.53 Å². The number of fused-ring (bicyclic) bond motifs is 1. The summed E-state index contributed by atoms with van der Waals surface area (Å²) in [5.74, 6) is 1.05. The van der Waals surface area contributed by atoms with Crippen LogP contribution >= 0.6 is 11.6 Å². The molecule has 0 aliphatic carbocycles. The van der Waals surface area contributed by atoms with Crippen LogP contribution in [0.4, 0.5) is 0 Å². The van der Waals surface area contributed by atoms with Crippen LogP contribution in [0.15, 0.2) is 36.7 Å². The Labute approximate surface area is 119 Å². The van der Waals surface area contributed by atoms with Gasteiger partial charge < -0.3 is 4.74 Å². The van der Waals surface area contributed by atoms with E-state index < -0.39 is 0 Å². The van der Waals surface area contributed by atoms with E-state index in [4.69, 9.17) is 16.3 Å². The summed E-state index contributed by atoms with van der Waals surface area (Å²) in [4.78, 5) is 19.9. The van der Waals surface area contributed by atoms with Gasteiger partial charge in [0.2, 0.25) is 5.78 Å². The van der Waals surface area contributed by atoms with E-state index in [1.165, 1.54) is 0 Å². The molecule has 1 aromatic carbocycles. The molecule has 0 amide bonds. The minimum atomic E-state index is 0.411. The van der Waals surface area contributed by atoms with E-state index in [0.29, 0.717) is 33.5 Å². The van der Waals surface area contributed by atoms with Crippen molar-refractivity contribution in [3.05, 3.63) is 47.4 Å². The Bertz CT molecular complexity index is 798. The summed E-state index contributed by atoms with van der Waals surface area (Å²) in [6, 6.07) is 6.91. The number of aldehydes is 1. The van der Waals surface area contributed by atoms with Crippen LogP contribution in [0.25, 0.3) is 17.0 Å². The molecule has 2 heterocycles. The summed E-state index contributed by atoms with van der Waals surface area (Å²) in [5, 5.41) is 0.544. The second-order valence-corrected chi connectivity index (χ2v) is 4.53. The molecule has 2 aromatic heterocycles. The van der Waals surface area contributed by atoms with Crippen molar-refractivity contribution in [2.75, 3.05) is 7.11 Å². The second kappa shape index (κ2) is 4.94. The van der Waals surface area contributed by atoms with Gasteiger partial charge in [-0.3, -0.25) is 9.20 Å². The van der Waals surface area contributed by atoms with Gasteiger partial charge in [-0.15, -0.1) is 0 Å². The third-order valence-corrected chi connectivity index (χ3v) is 3.20. The van der Waals surface area contributed by atoms with E-state index in [-0.39, 0.29) is 0 Å². The van der Waals surface area contributed by atoms with Crippen LogP contribution in [-0.4, -0.2) is 27.8 Å². The Morgan fingerprint density at radius 1 is 1.40 bits per heavy atom. The summed E-state index contributed by atoms with van der Waals surface area (Å²) in [5.41, 5.74) is 1.57. The number of imidazole rings is 1. The predicted molar refractivity (Wildman–Crippen MR) is 75.4 cm³/mol. The van der Waals surface area contributed by atoms with E-state index in [2.05, 4.69) is 9.97 Å². The molecule has 3 aromatic rings. The molecule has 0 unspecified atom stereocenters. The lowest BCUT2D eigenvalue weighted by atomic mass is 10.1. The lowest BCUT2D eigenvalue weighted by Crippen LogP contribution is -1.94.